The first kappa shape index (κ1) is 21.2. The Kier molecular flexibility index (Phi) is 5.14. The van der Waals surface area contributed by atoms with E-state index < -0.39 is 11.4 Å². The van der Waals surface area contributed by atoms with E-state index in [4.69, 9.17) is 37.4 Å². The standard InChI is InChI=1S/C26H20Cl2O4/c1-16-14-23-20(15-22(16)28)24(29)25(21(12-13-31-25)17-6-4-3-5-7-17)26(30-2,32-23)18-8-10-19(27)11-9-18/h3-12,14-15H,13H2,1-2H3/t25-,26+/m1/s1. The number of ketones is 1. The topological polar surface area (TPSA) is 44.8 Å². The molecule has 5 rings (SSSR count). The molecule has 0 saturated carbocycles. The van der Waals surface area contributed by atoms with Crippen LogP contribution in [0.1, 0.15) is 27.0 Å². The van der Waals surface area contributed by atoms with Crippen molar-refractivity contribution in [3.8, 4) is 5.75 Å². The number of Topliss-reactive ketones (excluding diaryl/α,β-unsaturated/α-hetero) is 1. The van der Waals surface area contributed by atoms with Crippen molar-refractivity contribution < 1.29 is 19.0 Å². The average molecular weight is 467 g/mol. The van der Waals surface area contributed by atoms with Crippen molar-refractivity contribution in [1.29, 1.82) is 0 Å². The normalized spacial score (nSPS) is 24.2. The third kappa shape index (κ3) is 2.87. The lowest BCUT2D eigenvalue weighted by Crippen LogP contribution is -2.64. The van der Waals surface area contributed by atoms with E-state index in [1.54, 1.807) is 36.4 Å². The first-order valence-corrected chi connectivity index (χ1v) is 10.9. The summed E-state index contributed by atoms with van der Waals surface area (Å²) in [6, 6.07) is 20.1. The van der Waals surface area contributed by atoms with Crippen molar-refractivity contribution in [1.82, 2.24) is 0 Å². The minimum Gasteiger partial charge on any atom is -0.453 e. The van der Waals surface area contributed by atoms with Gasteiger partial charge in [0.2, 0.25) is 11.4 Å². The lowest BCUT2D eigenvalue weighted by molar-refractivity contribution is -0.254. The highest BCUT2D eigenvalue weighted by molar-refractivity contribution is 6.32. The summed E-state index contributed by atoms with van der Waals surface area (Å²) in [5.41, 5.74) is 1.70. The summed E-state index contributed by atoms with van der Waals surface area (Å²) in [4.78, 5) is 14.3. The molecule has 2 heterocycles. The van der Waals surface area contributed by atoms with E-state index in [0.29, 0.717) is 32.5 Å². The molecule has 162 valence electrons. The van der Waals surface area contributed by atoms with E-state index in [1.165, 1.54) is 7.11 Å². The molecular weight excluding hydrogens is 447 g/mol. The molecule has 0 saturated heterocycles. The summed E-state index contributed by atoms with van der Waals surface area (Å²) in [6.45, 7) is 2.09. The highest BCUT2D eigenvalue weighted by Gasteiger charge is 2.68. The Balaban J connectivity index is 1.84. The predicted molar refractivity (Wildman–Crippen MR) is 124 cm³/mol. The van der Waals surface area contributed by atoms with Gasteiger partial charge in [0, 0.05) is 28.3 Å². The number of benzene rings is 3. The van der Waals surface area contributed by atoms with Crippen LogP contribution in [0.4, 0.5) is 0 Å². The molecule has 1 spiro atoms. The minimum absolute atomic E-state index is 0.229. The molecule has 0 fully saturated rings. The van der Waals surface area contributed by atoms with Gasteiger partial charge in [-0.15, -0.1) is 0 Å². The summed E-state index contributed by atoms with van der Waals surface area (Å²) in [6.07, 6.45) is 1.90. The molecular formula is C26H20Cl2O4. The number of aryl methyl sites for hydroxylation is 1. The Labute approximate surface area is 196 Å². The molecule has 0 radical (unpaired) electrons. The summed E-state index contributed by atoms with van der Waals surface area (Å²) < 4.78 is 19.0. The number of rotatable bonds is 3. The van der Waals surface area contributed by atoms with Gasteiger partial charge in [-0.25, -0.2) is 0 Å². The van der Waals surface area contributed by atoms with Crippen LogP contribution in [0, 0.1) is 6.92 Å². The Morgan fingerprint density at radius 2 is 1.72 bits per heavy atom. The highest BCUT2D eigenvalue weighted by Crippen LogP contribution is 2.56. The zero-order valence-corrected chi connectivity index (χ0v) is 19.0. The van der Waals surface area contributed by atoms with Crippen LogP contribution in [0.2, 0.25) is 10.0 Å². The lowest BCUT2D eigenvalue weighted by atomic mass is 9.72. The molecule has 0 aliphatic carbocycles. The molecule has 2 aliphatic rings. The first-order valence-electron chi connectivity index (χ1n) is 10.2. The predicted octanol–water partition coefficient (Wildman–Crippen LogP) is 6.23. The molecule has 2 aliphatic heterocycles. The maximum atomic E-state index is 14.3. The zero-order chi connectivity index (χ0) is 22.5. The fourth-order valence-corrected chi connectivity index (χ4v) is 4.88. The summed E-state index contributed by atoms with van der Waals surface area (Å²) in [5.74, 6) is -1.47. The van der Waals surface area contributed by atoms with E-state index in [0.717, 1.165) is 11.1 Å². The van der Waals surface area contributed by atoms with Gasteiger partial charge in [-0.1, -0.05) is 71.7 Å². The Morgan fingerprint density at radius 1 is 1.00 bits per heavy atom. The number of hydrogen-bond acceptors (Lipinski definition) is 4. The largest absolute Gasteiger partial charge is 0.453 e. The fourth-order valence-electron chi connectivity index (χ4n) is 4.59. The van der Waals surface area contributed by atoms with Crippen LogP contribution < -0.4 is 4.74 Å². The van der Waals surface area contributed by atoms with Crippen molar-refractivity contribution in [2.45, 2.75) is 18.3 Å². The van der Waals surface area contributed by atoms with Gasteiger partial charge in [-0.3, -0.25) is 4.79 Å². The van der Waals surface area contributed by atoms with Crippen molar-refractivity contribution >= 4 is 34.6 Å². The van der Waals surface area contributed by atoms with Gasteiger partial charge in [0.05, 0.1) is 12.2 Å². The number of methoxy groups -OCH3 is 1. The summed E-state index contributed by atoms with van der Waals surface area (Å²) >= 11 is 12.5. The van der Waals surface area contributed by atoms with Crippen molar-refractivity contribution in [2.75, 3.05) is 13.7 Å². The van der Waals surface area contributed by atoms with Crippen LogP contribution in [0.15, 0.2) is 72.8 Å². The molecule has 4 nitrogen and oxygen atoms in total. The lowest BCUT2D eigenvalue weighted by Gasteiger charge is -2.49. The fraction of sp³-hybridized carbons (Fsp3) is 0.192. The van der Waals surface area contributed by atoms with Gasteiger partial charge in [0.15, 0.2) is 0 Å². The molecule has 0 unspecified atom stereocenters. The number of halogens is 2. The SMILES string of the molecule is CO[C@@]1(c2ccc(Cl)cc2)Oc2cc(C)c(Cl)cc2C(=O)[C@@]12OCC=C2c1ccccc1. The second kappa shape index (κ2) is 7.75. The molecule has 0 N–H and O–H groups in total. The Bertz CT molecular complexity index is 1240. The number of carbonyl (C=O) groups is 1. The molecule has 32 heavy (non-hydrogen) atoms. The first-order chi connectivity index (χ1) is 15.4. The molecule has 0 amide bonds. The van der Waals surface area contributed by atoms with Crippen molar-refractivity contribution in [3.63, 3.8) is 0 Å². The van der Waals surface area contributed by atoms with E-state index in [2.05, 4.69) is 0 Å². The van der Waals surface area contributed by atoms with Crippen LogP contribution in [0.25, 0.3) is 5.57 Å². The van der Waals surface area contributed by atoms with Crippen molar-refractivity contribution in [3.05, 3.63) is 105 Å². The van der Waals surface area contributed by atoms with Crippen LogP contribution >= 0.6 is 23.2 Å². The molecule has 2 atom stereocenters. The number of hydrogen-bond donors (Lipinski definition) is 0. The third-order valence-corrected chi connectivity index (χ3v) is 6.76. The van der Waals surface area contributed by atoms with E-state index in [9.17, 15) is 4.79 Å². The van der Waals surface area contributed by atoms with Gasteiger partial charge < -0.3 is 14.2 Å². The number of ether oxygens (including phenoxy) is 3. The van der Waals surface area contributed by atoms with E-state index in [-0.39, 0.29) is 12.4 Å². The maximum Gasteiger partial charge on any atom is 0.278 e. The van der Waals surface area contributed by atoms with Gasteiger partial charge in [-0.2, -0.15) is 0 Å². The van der Waals surface area contributed by atoms with Crippen LogP contribution in [0.5, 0.6) is 5.75 Å². The Morgan fingerprint density at radius 3 is 2.41 bits per heavy atom. The molecule has 3 aromatic rings. The average Bonchev–Trinajstić information content (AvgIpc) is 3.25. The number of carbonyl (C=O) groups excluding carboxylic acids is 1. The van der Waals surface area contributed by atoms with Crippen LogP contribution in [-0.2, 0) is 15.3 Å². The minimum atomic E-state index is -1.58. The van der Waals surface area contributed by atoms with Crippen LogP contribution in [0.3, 0.4) is 0 Å². The van der Waals surface area contributed by atoms with Gasteiger partial charge in [-0.05, 0) is 42.3 Å². The van der Waals surface area contributed by atoms with Crippen LogP contribution in [-0.4, -0.2) is 25.1 Å². The Hall–Kier alpha value is -2.63. The second-order valence-corrected chi connectivity index (χ2v) is 8.68. The highest BCUT2D eigenvalue weighted by atomic mass is 35.5. The van der Waals surface area contributed by atoms with Gasteiger partial charge >= 0.3 is 0 Å². The monoisotopic (exact) mass is 466 g/mol. The third-order valence-electron chi connectivity index (χ3n) is 6.11. The quantitative estimate of drug-likeness (QED) is 0.458. The molecule has 0 bridgehead atoms. The summed E-state index contributed by atoms with van der Waals surface area (Å²) in [5, 5.41) is 1.04. The smallest absolute Gasteiger partial charge is 0.278 e. The van der Waals surface area contributed by atoms with Crippen molar-refractivity contribution in [2.24, 2.45) is 0 Å². The van der Waals surface area contributed by atoms with E-state index >= 15 is 0 Å². The molecule has 3 aromatic carbocycles. The maximum absolute atomic E-state index is 14.3. The molecule has 0 aromatic heterocycles. The zero-order valence-electron chi connectivity index (χ0n) is 17.5. The van der Waals surface area contributed by atoms with Gasteiger partial charge in [0.1, 0.15) is 5.75 Å². The second-order valence-electron chi connectivity index (χ2n) is 7.83. The van der Waals surface area contributed by atoms with Gasteiger partial charge in [0.25, 0.3) is 5.79 Å². The number of fused-ring (bicyclic) bond motifs is 1. The van der Waals surface area contributed by atoms with E-state index in [1.807, 2.05) is 43.3 Å². The molecule has 6 heteroatoms. The summed E-state index contributed by atoms with van der Waals surface area (Å²) in [7, 11) is 1.52.